The van der Waals surface area contributed by atoms with E-state index in [1.807, 2.05) is 6.92 Å². The monoisotopic (exact) mass is 223 g/mol. The van der Waals surface area contributed by atoms with Crippen LogP contribution in [0.4, 0.5) is 5.69 Å². The Bertz CT molecular complexity index is 363. The van der Waals surface area contributed by atoms with Gasteiger partial charge in [0.1, 0.15) is 0 Å². The van der Waals surface area contributed by atoms with Gasteiger partial charge >= 0.3 is 5.69 Å². The smallest absolute Gasteiger partial charge is 0.310 e. The van der Waals surface area contributed by atoms with E-state index >= 15 is 0 Å². The van der Waals surface area contributed by atoms with Gasteiger partial charge in [-0.3, -0.25) is 10.1 Å². The van der Waals surface area contributed by atoms with Gasteiger partial charge in [0.25, 0.3) is 0 Å². The van der Waals surface area contributed by atoms with Gasteiger partial charge in [-0.25, -0.2) is 0 Å². The first kappa shape index (κ1) is 12.5. The Balaban J connectivity index is 2.68. The van der Waals surface area contributed by atoms with Crippen LogP contribution in [0.25, 0.3) is 0 Å². The van der Waals surface area contributed by atoms with Crippen LogP contribution in [0, 0.1) is 17.0 Å². The zero-order chi connectivity index (χ0) is 12.0. The Morgan fingerprint density at radius 3 is 2.75 bits per heavy atom. The Morgan fingerprint density at radius 2 is 2.12 bits per heavy atom. The highest BCUT2D eigenvalue weighted by Crippen LogP contribution is 2.27. The second-order valence-corrected chi connectivity index (χ2v) is 3.78. The van der Waals surface area contributed by atoms with Crippen molar-refractivity contribution in [2.24, 2.45) is 0 Å². The molecule has 1 aromatic rings. The first-order valence-corrected chi connectivity index (χ1v) is 5.53. The van der Waals surface area contributed by atoms with Crippen molar-refractivity contribution in [3.63, 3.8) is 0 Å². The number of unbranched alkanes of at least 4 members (excludes halogenated alkanes) is 2. The summed E-state index contributed by atoms with van der Waals surface area (Å²) in [5.41, 5.74) is 1.01. The van der Waals surface area contributed by atoms with Crippen molar-refractivity contribution in [1.82, 2.24) is 0 Å². The van der Waals surface area contributed by atoms with Crippen LogP contribution >= 0.6 is 0 Å². The second kappa shape index (κ2) is 6.10. The van der Waals surface area contributed by atoms with E-state index in [1.165, 1.54) is 6.07 Å². The topological polar surface area (TPSA) is 52.4 Å². The van der Waals surface area contributed by atoms with Crippen molar-refractivity contribution in [2.75, 3.05) is 6.61 Å². The lowest BCUT2D eigenvalue weighted by atomic mass is 10.2. The Morgan fingerprint density at radius 1 is 1.38 bits per heavy atom. The zero-order valence-electron chi connectivity index (χ0n) is 9.73. The number of ether oxygens (including phenoxy) is 1. The van der Waals surface area contributed by atoms with E-state index in [-0.39, 0.29) is 5.69 Å². The highest BCUT2D eigenvalue weighted by Gasteiger charge is 2.14. The fourth-order valence-corrected chi connectivity index (χ4v) is 1.42. The van der Waals surface area contributed by atoms with Gasteiger partial charge in [0.15, 0.2) is 5.75 Å². The number of nitro groups is 1. The maximum atomic E-state index is 10.7. The molecule has 1 aromatic carbocycles. The van der Waals surface area contributed by atoms with Gasteiger partial charge < -0.3 is 4.74 Å². The Hall–Kier alpha value is -1.58. The molecule has 0 aromatic heterocycles. The van der Waals surface area contributed by atoms with E-state index in [2.05, 4.69) is 6.92 Å². The second-order valence-electron chi connectivity index (χ2n) is 3.78. The highest BCUT2D eigenvalue weighted by molar-refractivity contribution is 5.48. The van der Waals surface area contributed by atoms with E-state index in [4.69, 9.17) is 4.74 Å². The molecule has 4 nitrogen and oxygen atoms in total. The van der Waals surface area contributed by atoms with E-state index in [0.717, 1.165) is 24.8 Å². The molecule has 0 saturated carbocycles. The van der Waals surface area contributed by atoms with Gasteiger partial charge in [0.05, 0.1) is 11.5 Å². The summed E-state index contributed by atoms with van der Waals surface area (Å²) < 4.78 is 5.44. The van der Waals surface area contributed by atoms with Crippen LogP contribution in [0.1, 0.15) is 31.7 Å². The summed E-state index contributed by atoms with van der Waals surface area (Å²) in [6.07, 6.45) is 3.13. The van der Waals surface area contributed by atoms with Crippen molar-refractivity contribution in [2.45, 2.75) is 33.1 Å². The summed E-state index contributed by atoms with van der Waals surface area (Å²) in [6, 6.07) is 4.92. The number of benzene rings is 1. The van der Waals surface area contributed by atoms with E-state index in [9.17, 15) is 10.1 Å². The third-order valence-electron chi connectivity index (χ3n) is 2.32. The SMILES string of the molecule is CCCCCOc1cc(C)ccc1[N+](=O)[O-]. The predicted molar refractivity (Wildman–Crippen MR) is 62.9 cm³/mol. The molecule has 0 atom stereocenters. The number of aryl methyl sites for hydroxylation is 1. The summed E-state index contributed by atoms with van der Waals surface area (Å²) in [5, 5.41) is 10.7. The molecule has 0 aliphatic carbocycles. The number of hydrogen-bond donors (Lipinski definition) is 0. The fourth-order valence-electron chi connectivity index (χ4n) is 1.42. The molecule has 0 saturated heterocycles. The minimum atomic E-state index is -0.408. The molecule has 1 rings (SSSR count). The molecule has 88 valence electrons. The van der Waals surface area contributed by atoms with Crippen molar-refractivity contribution in [3.8, 4) is 5.75 Å². The lowest BCUT2D eigenvalue weighted by Crippen LogP contribution is -2.00. The maximum Gasteiger partial charge on any atom is 0.310 e. The predicted octanol–water partition coefficient (Wildman–Crippen LogP) is 3.47. The van der Waals surface area contributed by atoms with E-state index < -0.39 is 4.92 Å². The third kappa shape index (κ3) is 3.53. The summed E-state index contributed by atoms with van der Waals surface area (Å²) in [7, 11) is 0. The van der Waals surface area contributed by atoms with Crippen LogP contribution in [-0.2, 0) is 0 Å². The van der Waals surface area contributed by atoms with Crippen LogP contribution in [0.5, 0.6) is 5.75 Å². The van der Waals surface area contributed by atoms with Gasteiger partial charge in [-0.1, -0.05) is 25.8 Å². The molecule has 0 amide bonds. The summed E-state index contributed by atoms with van der Waals surface area (Å²) in [4.78, 5) is 10.3. The van der Waals surface area contributed by atoms with Gasteiger partial charge in [0, 0.05) is 6.07 Å². The maximum absolute atomic E-state index is 10.7. The highest BCUT2D eigenvalue weighted by atomic mass is 16.6. The Kier molecular flexibility index (Phi) is 4.76. The average molecular weight is 223 g/mol. The molecule has 0 spiro atoms. The molecule has 0 radical (unpaired) electrons. The molecule has 0 aliphatic rings. The number of nitrogens with zero attached hydrogens (tertiary/aromatic N) is 1. The molecule has 0 heterocycles. The zero-order valence-corrected chi connectivity index (χ0v) is 9.73. The van der Waals surface area contributed by atoms with Crippen LogP contribution in [0.3, 0.4) is 0 Å². The van der Waals surface area contributed by atoms with Crippen molar-refractivity contribution in [1.29, 1.82) is 0 Å². The van der Waals surface area contributed by atoms with Crippen molar-refractivity contribution >= 4 is 5.69 Å². The van der Waals surface area contributed by atoms with Gasteiger partial charge in [-0.15, -0.1) is 0 Å². The molecule has 0 fully saturated rings. The first-order valence-electron chi connectivity index (χ1n) is 5.53. The average Bonchev–Trinajstić information content (AvgIpc) is 2.24. The van der Waals surface area contributed by atoms with Crippen LogP contribution in [0.15, 0.2) is 18.2 Å². The molecule has 0 unspecified atom stereocenters. The molecule has 4 heteroatoms. The molecule has 0 aliphatic heterocycles. The van der Waals surface area contributed by atoms with Crippen LogP contribution in [-0.4, -0.2) is 11.5 Å². The number of nitro benzene ring substituents is 1. The molecular formula is C12H17NO3. The van der Waals surface area contributed by atoms with Gasteiger partial charge in [-0.05, 0) is 25.0 Å². The van der Waals surface area contributed by atoms with Crippen LogP contribution < -0.4 is 4.74 Å². The van der Waals surface area contributed by atoms with Crippen molar-refractivity contribution < 1.29 is 9.66 Å². The van der Waals surface area contributed by atoms with E-state index in [0.29, 0.717) is 12.4 Å². The molecule has 0 N–H and O–H groups in total. The molecule has 16 heavy (non-hydrogen) atoms. The molecule has 0 bridgehead atoms. The first-order chi connectivity index (χ1) is 7.65. The third-order valence-corrected chi connectivity index (χ3v) is 2.32. The summed E-state index contributed by atoms with van der Waals surface area (Å²) >= 11 is 0. The lowest BCUT2D eigenvalue weighted by Gasteiger charge is -2.06. The summed E-state index contributed by atoms with van der Waals surface area (Å²) in [6.45, 7) is 4.54. The number of rotatable bonds is 6. The van der Waals surface area contributed by atoms with Crippen molar-refractivity contribution in [3.05, 3.63) is 33.9 Å². The summed E-state index contributed by atoms with van der Waals surface area (Å²) in [5.74, 6) is 0.376. The quantitative estimate of drug-likeness (QED) is 0.421. The minimum Gasteiger partial charge on any atom is -0.487 e. The number of hydrogen-bond acceptors (Lipinski definition) is 3. The largest absolute Gasteiger partial charge is 0.487 e. The van der Waals surface area contributed by atoms with E-state index in [1.54, 1.807) is 12.1 Å². The minimum absolute atomic E-state index is 0.0436. The standard InChI is InChI=1S/C12H17NO3/c1-3-4-5-8-16-12-9-10(2)6-7-11(12)13(14)15/h6-7,9H,3-5,8H2,1-2H3. The lowest BCUT2D eigenvalue weighted by molar-refractivity contribution is -0.385. The van der Waals surface area contributed by atoms with Gasteiger partial charge in [0.2, 0.25) is 0 Å². The normalized spacial score (nSPS) is 10.1. The molecular weight excluding hydrogens is 206 g/mol. The van der Waals surface area contributed by atoms with Crippen LogP contribution in [0.2, 0.25) is 0 Å². The Labute approximate surface area is 95.4 Å². The van der Waals surface area contributed by atoms with Gasteiger partial charge in [-0.2, -0.15) is 0 Å². The fraction of sp³-hybridized carbons (Fsp3) is 0.500.